The van der Waals surface area contributed by atoms with Gasteiger partial charge in [0.1, 0.15) is 5.69 Å². The third kappa shape index (κ3) is 5.25. The quantitative estimate of drug-likeness (QED) is 0.261. The lowest BCUT2D eigenvalue weighted by Gasteiger charge is -2.10. The molecular weight excluding hydrogens is 434 g/mol. The molecule has 1 amide bonds. The number of H-pyrrole nitrogens is 1. The molecule has 0 unspecified atom stereocenters. The zero-order chi connectivity index (χ0) is 23.4. The van der Waals surface area contributed by atoms with Crippen molar-refractivity contribution in [1.29, 1.82) is 0 Å². The number of nitrogens with one attached hydrogen (secondary N) is 2. The van der Waals surface area contributed by atoms with Gasteiger partial charge in [0.05, 0.1) is 11.4 Å². The number of carbonyl (C=O) groups excluding carboxylic acids is 1. The maximum absolute atomic E-state index is 12.4. The molecule has 4 aromatic rings. The van der Waals surface area contributed by atoms with E-state index in [0.29, 0.717) is 22.6 Å². The Bertz CT molecular complexity index is 1230. The van der Waals surface area contributed by atoms with Crippen molar-refractivity contribution in [3.05, 3.63) is 65.7 Å². The predicted octanol–water partition coefficient (Wildman–Crippen LogP) is 4.60. The maximum atomic E-state index is 12.4. The first-order chi connectivity index (χ1) is 15.9. The van der Waals surface area contributed by atoms with Gasteiger partial charge in [-0.15, -0.1) is 10.2 Å². The summed E-state index contributed by atoms with van der Waals surface area (Å²) in [6.07, 6.45) is 1.08. The number of hydrogen-bond acceptors (Lipinski definition) is 6. The van der Waals surface area contributed by atoms with Crippen LogP contribution in [0.3, 0.4) is 0 Å². The highest BCUT2D eigenvalue weighted by Gasteiger charge is 2.16. The second-order valence-corrected chi connectivity index (χ2v) is 8.92. The molecule has 2 aromatic heterocycles. The van der Waals surface area contributed by atoms with Gasteiger partial charge in [0.25, 0.3) is 0 Å². The number of carbonyl (C=O) groups is 1. The molecule has 2 heterocycles. The summed E-state index contributed by atoms with van der Waals surface area (Å²) in [5, 5.41) is 19.0. The Morgan fingerprint density at radius 1 is 1.15 bits per heavy atom. The summed E-state index contributed by atoms with van der Waals surface area (Å²) in [6.45, 7) is 6.39. The molecule has 0 radical (unpaired) electrons. The summed E-state index contributed by atoms with van der Waals surface area (Å²) < 4.78 is 1.37. The van der Waals surface area contributed by atoms with Crippen molar-refractivity contribution in [1.82, 2.24) is 25.1 Å². The lowest BCUT2D eigenvalue weighted by atomic mass is 9.99. The molecule has 0 fully saturated rings. The predicted molar refractivity (Wildman–Crippen MR) is 132 cm³/mol. The van der Waals surface area contributed by atoms with Gasteiger partial charge in [0, 0.05) is 11.3 Å². The molecule has 0 bridgehead atoms. The lowest BCUT2D eigenvalue weighted by Crippen LogP contribution is -2.16. The third-order valence-corrected chi connectivity index (χ3v) is 6.48. The van der Waals surface area contributed by atoms with Gasteiger partial charge in [-0.2, -0.15) is 5.10 Å². The van der Waals surface area contributed by atoms with E-state index < -0.39 is 0 Å². The molecule has 1 atom stereocenters. The molecule has 0 aliphatic heterocycles. The first-order valence-electron chi connectivity index (χ1n) is 10.8. The zero-order valence-electron chi connectivity index (χ0n) is 18.9. The Balaban J connectivity index is 1.37. The van der Waals surface area contributed by atoms with Crippen molar-refractivity contribution in [3.8, 4) is 22.8 Å². The molecule has 4 rings (SSSR count). The molecule has 0 aliphatic carbocycles. The van der Waals surface area contributed by atoms with Crippen LogP contribution in [0.15, 0.2) is 59.8 Å². The minimum absolute atomic E-state index is 0.135. The smallest absolute Gasteiger partial charge is 0.234 e. The molecule has 0 saturated carbocycles. The number of nitrogens with two attached hydrogens (primary N) is 1. The van der Waals surface area contributed by atoms with Crippen LogP contribution in [0.5, 0.6) is 0 Å². The van der Waals surface area contributed by atoms with Gasteiger partial charge in [-0.3, -0.25) is 9.89 Å². The molecule has 9 heteroatoms. The number of nitrogens with zero attached hydrogens (tertiary/aromatic N) is 4. The minimum Gasteiger partial charge on any atom is -0.335 e. The van der Waals surface area contributed by atoms with E-state index in [1.165, 1.54) is 27.6 Å². The molecule has 4 N–H and O–H groups in total. The fourth-order valence-electron chi connectivity index (χ4n) is 3.33. The number of aryl methyl sites for hydroxylation is 1. The van der Waals surface area contributed by atoms with Crippen molar-refractivity contribution < 1.29 is 4.79 Å². The second-order valence-electron chi connectivity index (χ2n) is 7.98. The van der Waals surface area contributed by atoms with E-state index in [-0.39, 0.29) is 11.7 Å². The number of rotatable bonds is 8. The Morgan fingerprint density at radius 2 is 1.88 bits per heavy atom. The molecule has 0 aliphatic rings. The van der Waals surface area contributed by atoms with Crippen LogP contribution in [-0.2, 0) is 4.79 Å². The van der Waals surface area contributed by atoms with Crippen molar-refractivity contribution in [3.63, 3.8) is 0 Å². The van der Waals surface area contributed by atoms with Gasteiger partial charge in [-0.1, -0.05) is 67.6 Å². The van der Waals surface area contributed by atoms with Crippen LogP contribution in [0, 0.1) is 6.92 Å². The monoisotopic (exact) mass is 461 g/mol. The van der Waals surface area contributed by atoms with E-state index in [4.69, 9.17) is 5.84 Å². The number of anilines is 1. The Hall–Kier alpha value is -3.59. The van der Waals surface area contributed by atoms with E-state index >= 15 is 0 Å². The number of nitrogen functional groups attached to an aromatic ring is 1. The summed E-state index contributed by atoms with van der Waals surface area (Å²) in [7, 11) is 0. The lowest BCUT2D eigenvalue weighted by molar-refractivity contribution is -0.113. The van der Waals surface area contributed by atoms with Crippen LogP contribution in [-0.4, -0.2) is 36.7 Å². The number of aromatic amines is 1. The average molecular weight is 462 g/mol. The molecule has 0 spiro atoms. The number of aromatic nitrogens is 5. The Kier molecular flexibility index (Phi) is 6.79. The van der Waals surface area contributed by atoms with Crippen LogP contribution in [0.4, 0.5) is 5.69 Å². The second kappa shape index (κ2) is 9.91. The van der Waals surface area contributed by atoms with E-state index in [9.17, 15) is 4.79 Å². The number of amides is 1. The van der Waals surface area contributed by atoms with Gasteiger partial charge in [-0.05, 0) is 43.0 Å². The van der Waals surface area contributed by atoms with Crippen molar-refractivity contribution in [2.45, 2.75) is 38.3 Å². The highest BCUT2D eigenvalue weighted by molar-refractivity contribution is 7.99. The third-order valence-electron chi connectivity index (χ3n) is 5.54. The summed E-state index contributed by atoms with van der Waals surface area (Å²) in [5.74, 6) is 7.17. The average Bonchev–Trinajstić information content (AvgIpc) is 3.45. The molecule has 170 valence electrons. The summed E-state index contributed by atoms with van der Waals surface area (Å²) in [6, 6.07) is 17.9. The van der Waals surface area contributed by atoms with E-state index in [0.717, 1.165) is 23.4 Å². The topological polar surface area (TPSA) is 115 Å². The van der Waals surface area contributed by atoms with E-state index in [1.807, 2.05) is 49.4 Å². The Labute approximate surface area is 197 Å². The zero-order valence-corrected chi connectivity index (χ0v) is 19.7. The number of thioether (sulfide) groups is 1. The van der Waals surface area contributed by atoms with Gasteiger partial charge >= 0.3 is 0 Å². The van der Waals surface area contributed by atoms with Crippen molar-refractivity contribution >= 4 is 23.4 Å². The van der Waals surface area contributed by atoms with Gasteiger partial charge in [0.2, 0.25) is 16.9 Å². The molecule has 8 nitrogen and oxygen atoms in total. The standard InChI is InChI=1S/C24H27N7OS/c1-4-16(3)17-9-11-19(12-10-17)26-22(32)14-33-24-30-29-23(31(24)25)21-13-20(27-28-21)18-7-5-15(2)6-8-18/h5-13,16H,4,14,25H2,1-3H3,(H,26,32)(H,27,28)/t16-/m1/s1. The van der Waals surface area contributed by atoms with Gasteiger partial charge in [-0.25, -0.2) is 4.68 Å². The minimum atomic E-state index is -0.135. The highest BCUT2D eigenvalue weighted by Crippen LogP contribution is 2.25. The van der Waals surface area contributed by atoms with E-state index in [2.05, 4.69) is 51.7 Å². The summed E-state index contributed by atoms with van der Waals surface area (Å²) in [4.78, 5) is 12.4. The fourth-order valence-corrected chi connectivity index (χ4v) is 3.98. The summed E-state index contributed by atoms with van der Waals surface area (Å²) in [5.41, 5.74) is 5.65. The largest absolute Gasteiger partial charge is 0.335 e. The maximum Gasteiger partial charge on any atom is 0.234 e. The van der Waals surface area contributed by atoms with Crippen molar-refractivity contribution in [2.75, 3.05) is 16.9 Å². The first kappa shape index (κ1) is 22.6. The van der Waals surface area contributed by atoms with Crippen LogP contribution in [0.25, 0.3) is 22.8 Å². The molecule has 33 heavy (non-hydrogen) atoms. The SMILES string of the molecule is CC[C@@H](C)c1ccc(NC(=O)CSc2nnc(-c3cc(-c4ccc(C)cc4)n[nH]3)n2N)cc1. The summed E-state index contributed by atoms with van der Waals surface area (Å²) >= 11 is 1.22. The van der Waals surface area contributed by atoms with Crippen molar-refractivity contribution in [2.24, 2.45) is 0 Å². The Morgan fingerprint density at radius 3 is 2.58 bits per heavy atom. The number of benzene rings is 2. The molecular formula is C24H27N7OS. The van der Waals surface area contributed by atoms with Gasteiger partial charge < -0.3 is 11.2 Å². The van der Waals surface area contributed by atoms with Crippen LogP contribution in [0.1, 0.15) is 37.3 Å². The highest BCUT2D eigenvalue weighted by atomic mass is 32.2. The normalized spacial score (nSPS) is 12.0. The van der Waals surface area contributed by atoms with Crippen LogP contribution in [0.2, 0.25) is 0 Å². The van der Waals surface area contributed by atoms with E-state index in [1.54, 1.807) is 0 Å². The number of hydrogen-bond donors (Lipinski definition) is 3. The molecule has 2 aromatic carbocycles. The van der Waals surface area contributed by atoms with Crippen LogP contribution < -0.4 is 11.2 Å². The first-order valence-corrected chi connectivity index (χ1v) is 11.8. The fraction of sp³-hybridized carbons (Fsp3) is 0.250. The van der Waals surface area contributed by atoms with Crippen LogP contribution >= 0.6 is 11.8 Å². The molecule has 0 saturated heterocycles. The van der Waals surface area contributed by atoms with Gasteiger partial charge in [0.15, 0.2) is 0 Å².